The largest absolute Gasteiger partial charge is 0.756 e. The quantitative estimate of drug-likeness (QED) is 0.769. The number of amides is 1. The molecule has 7 nitrogen and oxygen atoms in total. The summed E-state index contributed by atoms with van der Waals surface area (Å²) < 4.78 is 20.9. The summed E-state index contributed by atoms with van der Waals surface area (Å²) in [6, 6.07) is 9.48. The molecule has 0 fully saturated rings. The van der Waals surface area contributed by atoms with E-state index in [1.54, 1.807) is 19.1 Å². The third-order valence-corrected chi connectivity index (χ3v) is 4.52. The molecule has 0 saturated heterocycles. The molecule has 134 valence electrons. The highest BCUT2D eigenvalue weighted by Crippen LogP contribution is 2.43. The van der Waals surface area contributed by atoms with E-state index in [1.807, 2.05) is 6.92 Å². The van der Waals surface area contributed by atoms with Gasteiger partial charge in [0.05, 0.1) is 11.4 Å². The predicted molar refractivity (Wildman–Crippen MR) is 92.2 cm³/mol. The Labute approximate surface area is 150 Å². The first kappa shape index (κ1) is 19.6. The van der Waals surface area contributed by atoms with Crippen molar-refractivity contribution in [3.63, 3.8) is 0 Å². The number of anilines is 1. The first-order chi connectivity index (χ1) is 11.7. The fraction of sp³-hybridized carbons (Fsp3) is 0.250. The van der Waals surface area contributed by atoms with E-state index in [4.69, 9.17) is 16.1 Å². The number of phosphoric acid groups is 1. The highest BCUT2D eigenvalue weighted by Gasteiger charge is 2.27. The third kappa shape index (κ3) is 5.36. The monoisotopic (exact) mass is 383 g/mol. The van der Waals surface area contributed by atoms with Crippen LogP contribution in [0.25, 0.3) is 0 Å². The van der Waals surface area contributed by atoms with E-state index in [1.165, 1.54) is 24.3 Å². The molecule has 0 aliphatic heterocycles. The van der Waals surface area contributed by atoms with E-state index in [0.717, 1.165) is 12.8 Å². The van der Waals surface area contributed by atoms with Crippen molar-refractivity contribution in [3.8, 4) is 0 Å². The maximum Gasteiger partial charge on any atom is 0.268 e. The van der Waals surface area contributed by atoms with Crippen LogP contribution in [-0.2, 0) is 18.4 Å². The average molecular weight is 384 g/mol. The van der Waals surface area contributed by atoms with Gasteiger partial charge < -0.3 is 19.3 Å². The highest BCUT2D eigenvalue weighted by atomic mass is 35.5. The molecule has 25 heavy (non-hydrogen) atoms. The van der Waals surface area contributed by atoms with Crippen molar-refractivity contribution in [2.24, 2.45) is 0 Å². The maximum absolute atomic E-state index is 12.6. The summed E-state index contributed by atoms with van der Waals surface area (Å²) in [7, 11) is -3.69. The molecule has 1 aromatic heterocycles. The SMILES string of the molecule is COP(=O)([O-])OC(C(=O)Nc1ccc(C)nc1C)c1ccc(Cl)cc1. The van der Waals surface area contributed by atoms with Crippen LogP contribution in [0.4, 0.5) is 5.69 Å². The Bertz CT molecular complexity index is 813. The van der Waals surface area contributed by atoms with Crippen LogP contribution < -0.4 is 10.2 Å². The number of hydrogen-bond acceptors (Lipinski definition) is 6. The fourth-order valence-corrected chi connectivity index (χ4v) is 2.77. The number of hydrogen-bond donors (Lipinski definition) is 1. The number of nitrogens with one attached hydrogen (secondary N) is 1. The summed E-state index contributed by atoms with van der Waals surface area (Å²) in [5.41, 5.74) is 2.16. The number of benzene rings is 1. The molecule has 1 aromatic carbocycles. The van der Waals surface area contributed by atoms with Crippen molar-refractivity contribution in [1.29, 1.82) is 0 Å². The van der Waals surface area contributed by atoms with Crippen LogP contribution in [0.2, 0.25) is 5.02 Å². The molecule has 1 heterocycles. The molecule has 0 aliphatic rings. The molecule has 0 spiro atoms. The molecule has 2 rings (SSSR count). The number of aromatic nitrogens is 1. The molecular weight excluding hydrogens is 367 g/mol. The first-order valence-electron chi connectivity index (χ1n) is 7.27. The third-order valence-electron chi connectivity index (χ3n) is 3.35. The second-order valence-electron chi connectivity index (χ2n) is 5.24. The lowest BCUT2D eigenvalue weighted by Crippen LogP contribution is -2.25. The Morgan fingerprint density at radius 1 is 1.24 bits per heavy atom. The smallest absolute Gasteiger partial charge is 0.268 e. The Kier molecular flexibility index (Phi) is 6.32. The van der Waals surface area contributed by atoms with Gasteiger partial charge >= 0.3 is 0 Å². The highest BCUT2D eigenvalue weighted by molar-refractivity contribution is 7.45. The normalized spacial score (nSPS) is 14.6. The van der Waals surface area contributed by atoms with E-state index < -0.39 is 19.8 Å². The number of pyridine rings is 1. The molecule has 0 saturated carbocycles. The van der Waals surface area contributed by atoms with E-state index in [-0.39, 0.29) is 0 Å². The lowest BCUT2D eigenvalue weighted by Gasteiger charge is -2.26. The summed E-state index contributed by atoms with van der Waals surface area (Å²) in [6.07, 6.45) is -1.43. The summed E-state index contributed by atoms with van der Waals surface area (Å²) in [5, 5.41) is 3.07. The summed E-state index contributed by atoms with van der Waals surface area (Å²) in [4.78, 5) is 28.5. The van der Waals surface area contributed by atoms with Gasteiger partial charge in [0.15, 0.2) is 6.10 Å². The topological polar surface area (TPSA) is 101 Å². The van der Waals surface area contributed by atoms with Gasteiger partial charge in [0, 0.05) is 17.8 Å². The van der Waals surface area contributed by atoms with Crippen LogP contribution in [0.3, 0.4) is 0 Å². The molecule has 0 radical (unpaired) electrons. The van der Waals surface area contributed by atoms with Crippen molar-refractivity contribution in [2.45, 2.75) is 20.0 Å². The van der Waals surface area contributed by atoms with Crippen molar-refractivity contribution in [1.82, 2.24) is 4.98 Å². The number of halogens is 1. The van der Waals surface area contributed by atoms with E-state index in [9.17, 15) is 14.3 Å². The van der Waals surface area contributed by atoms with Gasteiger partial charge in [0.2, 0.25) is 0 Å². The van der Waals surface area contributed by atoms with Crippen molar-refractivity contribution in [2.75, 3.05) is 12.4 Å². The standard InChI is InChI=1S/C16H18ClN2O5P/c1-10-4-9-14(11(2)18-10)19-16(20)15(24-25(21,22)23-3)12-5-7-13(17)8-6-12/h4-9,15H,1-3H3,(H,19,20)(H,21,22)/p-1. The fourth-order valence-electron chi connectivity index (χ4n) is 2.09. The summed E-state index contributed by atoms with van der Waals surface area (Å²) in [5.74, 6) is -0.677. The molecule has 2 atom stereocenters. The molecule has 0 aliphatic carbocycles. The van der Waals surface area contributed by atoms with Gasteiger partial charge in [-0.1, -0.05) is 23.7 Å². The van der Waals surface area contributed by atoms with Crippen LogP contribution in [0.5, 0.6) is 0 Å². The number of nitrogens with zero attached hydrogens (tertiary/aromatic N) is 1. The zero-order chi connectivity index (χ0) is 18.6. The second kappa shape index (κ2) is 8.08. The first-order valence-corrected chi connectivity index (χ1v) is 9.11. The van der Waals surface area contributed by atoms with Crippen molar-refractivity contribution < 1.29 is 23.3 Å². The minimum atomic E-state index is -4.64. The van der Waals surface area contributed by atoms with Crippen LogP contribution in [0.1, 0.15) is 23.1 Å². The van der Waals surface area contributed by atoms with Crippen LogP contribution >= 0.6 is 19.4 Å². The van der Waals surface area contributed by atoms with Gasteiger partial charge in [-0.15, -0.1) is 0 Å². The number of carbonyl (C=O) groups is 1. The lowest BCUT2D eigenvalue weighted by atomic mass is 10.1. The predicted octanol–water partition coefficient (Wildman–Crippen LogP) is 3.16. The Morgan fingerprint density at radius 2 is 1.88 bits per heavy atom. The van der Waals surface area contributed by atoms with E-state index in [2.05, 4.69) is 14.8 Å². The van der Waals surface area contributed by atoms with Gasteiger partial charge in [-0.2, -0.15) is 0 Å². The summed E-state index contributed by atoms with van der Waals surface area (Å²) >= 11 is 5.83. The molecule has 0 bridgehead atoms. The van der Waals surface area contributed by atoms with Gasteiger partial charge in [-0.3, -0.25) is 14.3 Å². The maximum atomic E-state index is 12.6. The molecule has 2 aromatic rings. The zero-order valence-electron chi connectivity index (χ0n) is 13.9. The lowest BCUT2D eigenvalue weighted by molar-refractivity contribution is -0.227. The van der Waals surface area contributed by atoms with Crippen LogP contribution in [-0.4, -0.2) is 18.0 Å². The van der Waals surface area contributed by atoms with E-state index >= 15 is 0 Å². The zero-order valence-corrected chi connectivity index (χ0v) is 15.5. The van der Waals surface area contributed by atoms with Gasteiger partial charge in [0.25, 0.3) is 13.7 Å². The number of phosphoric ester groups is 1. The number of aryl methyl sites for hydroxylation is 2. The molecular formula is C16H17ClN2O5P-. The van der Waals surface area contributed by atoms with Crippen molar-refractivity contribution in [3.05, 3.63) is 58.4 Å². The Balaban J connectivity index is 2.31. The van der Waals surface area contributed by atoms with Crippen LogP contribution in [0, 0.1) is 13.8 Å². The minimum absolute atomic E-state index is 0.313. The molecule has 9 heteroatoms. The van der Waals surface area contributed by atoms with Crippen molar-refractivity contribution >= 4 is 31.0 Å². The summed E-state index contributed by atoms with van der Waals surface area (Å²) in [6.45, 7) is 3.55. The number of rotatable bonds is 6. The minimum Gasteiger partial charge on any atom is -0.756 e. The molecule has 2 unspecified atom stereocenters. The average Bonchev–Trinajstić information content (AvgIpc) is 2.56. The Morgan fingerprint density at radius 3 is 2.44 bits per heavy atom. The van der Waals surface area contributed by atoms with Gasteiger partial charge in [0.1, 0.15) is 0 Å². The van der Waals surface area contributed by atoms with E-state index in [0.29, 0.717) is 22.0 Å². The molecule has 1 N–H and O–H groups in total. The Hall–Kier alpha value is -1.76. The van der Waals surface area contributed by atoms with Gasteiger partial charge in [-0.05, 0) is 43.7 Å². The van der Waals surface area contributed by atoms with Gasteiger partial charge in [-0.25, -0.2) is 0 Å². The molecule has 1 amide bonds. The number of carbonyl (C=O) groups excluding carboxylic acids is 1. The second-order valence-corrected chi connectivity index (χ2v) is 7.15. The van der Waals surface area contributed by atoms with Crippen LogP contribution in [0.15, 0.2) is 36.4 Å².